The second kappa shape index (κ2) is 9.66. The minimum Gasteiger partial charge on any atom is -0.454 e. The molecular weight excluding hydrogens is 474 g/mol. The lowest BCUT2D eigenvalue weighted by atomic mass is 9.96. The van der Waals surface area contributed by atoms with Gasteiger partial charge in [-0.05, 0) is 31.0 Å². The molecule has 0 spiro atoms. The van der Waals surface area contributed by atoms with E-state index in [0.717, 1.165) is 25.7 Å². The third-order valence-corrected chi connectivity index (χ3v) is 6.79. The predicted octanol–water partition coefficient (Wildman–Crippen LogP) is 4.88. The van der Waals surface area contributed by atoms with Crippen molar-refractivity contribution >= 4 is 28.9 Å². The molecule has 2 aliphatic rings. The van der Waals surface area contributed by atoms with Gasteiger partial charge < -0.3 is 9.47 Å². The molecule has 1 aromatic heterocycles. The third kappa shape index (κ3) is 4.78. The smallest absolute Gasteiger partial charge is 0.282 e. The number of thiazole rings is 1. The summed E-state index contributed by atoms with van der Waals surface area (Å²) in [6, 6.07) is 9.21. The Kier molecular flexibility index (Phi) is 6.27. The molecule has 0 unspecified atom stereocenters. The van der Waals surface area contributed by atoms with E-state index < -0.39 is 9.85 Å². The van der Waals surface area contributed by atoms with Gasteiger partial charge in [0, 0.05) is 23.1 Å². The summed E-state index contributed by atoms with van der Waals surface area (Å²) in [5.41, 5.74) is 1.49. The molecule has 180 valence electrons. The van der Waals surface area contributed by atoms with E-state index in [1.807, 2.05) is 5.38 Å². The maximum absolute atomic E-state index is 11.7. The highest BCUT2D eigenvalue weighted by Crippen LogP contribution is 2.37. The second-order valence-electron chi connectivity index (χ2n) is 8.21. The van der Waals surface area contributed by atoms with Crippen LogP contribution < -0.4 is 14.3 Å². The van der Waals surface area contributed by atoms with Crippen LogP contribution in [0.4, 0.5) is 11.4 Å². The van der Waals surface area contributed by atoms with Gasteiger partial charge in [-0.1, -0.05) is 19.3 Å². The Morgan fingerprint density at radius 1 is 1.00 bits per heavy atom. The average Bonchev–Trinajstić information content (AvgIpc) is 3.49. The first kappa shape index (κ1) is 22.7. The Morgan fingerprint density at radius 2 is 1.71 bits per heavy atom. The third-order valence-electron chi connectivity index (χ3n) is 5.96. The zero-order chi connectivity index (χ0) is 24.4. The van der Waals surface area contributed by atoms with Crippen molar-refractivity contribution in [1.82, 2.24) is 4.68 Å². The number of non-ortho nitro benzene ring substituents is 1. The highest BCUT2D eigenvalue weighted by molar-refractivity contribution is 7.07. The van der Waals surface area contributed by atoms with E-state index in [1.165, 1.54) is 48.2 Å². The van der Waals surface area contributed by atoms with E-state index in [0.29, 0.717) is 27.6 Å². The minimum atomic E-state index is -0.494. The van der Waals surface area contributed by atoms with Gasteiger partial charge >= 0.3 is 0 Å². The van der Waals surface area contributed by atoms with E-state index in [9.17, 15) is 20.2 Å². The molecule has 0 saturated heterocycles. The molecule has 2 heterocycles. The van der Waals surface area contributed by atoms with E-state index in [4.69, 9.17) is 14.5 Å². The fourth-order valence-corrected chi connectivity index (χ4v) is 5.06. The van der Waals surface area contributed by atoms with Crippen molar-refractivity contribution in [2.24, 2.45) is 10.1 Å². The van der Waals surface area contributed by atoms with Gasteiger partial charge in [-0.3, -0.25) is 25.2 Å². The Labute approximate surface area is 203 Å². The van der Waals surface area contributed by atoms with Crippen molar-refractivity contribution in [3.05, 3.63) is 72.4 Å². The zero-order valence-corrected chi connectivity index (χ0v) is 19.3. The molecular formula is C23H21N5O6S. The van der Waals surface area contributed by atoms with Crippen LogP contribution in [0, 0.1) is 20.2 Å². The number of ether oxygens (including phenoxy) is 2. The van der Waals surface area contributed by atoms with Crippen LogP contribution in [0.15, 0.2) is 51.9 Å². The summed E-state index contributed by atoms with van der Waals surface area (Å²) in [5, 5.41) is 29.2. The topological polar surface area (TPSA) is 134 Å². The molecule has 2 aromatic carbocycles. The van der Waals surface area contributed by atoms with E-state index in [-0.39, 0.29) is 29.8 Å². The Balaban J connectivity index is 1.59. The van der Waals surface area contributed by atoms with Gasteiger partial charge in [0.2, 0.25) is 11.6 Å². The van der Waals surface area contributed by atoms with Crippen LogP contribution >= 0.6 is 11.3 Å². The number of benzene rings is 2. The largest absolute Gasteiger partial charge is 0.454 e. The quantitative estimate of drug-likeness (QED) is 0.272. The molecule has 5 rings (SSSR count). The SMILES string of the molecule is O=[N+]([O-])c1ccc(-c2csc(=NC3CCCCC3)n2/N=C\c2cc3c(cc2[N+](=O)[O-])OCO3)cc1. The van der Waals surface area contributed by atoms with Crippen LogP contribution in [0.1, 0.15) is 37.7 Å². The maximum atomic E-state index is 11.7. The molecule has 0 radical (unpaired) electrons. The van der Waals surface area contributed by atoms with Crippen LogP contribution in [0.5, 0.6) is 11.5 Å². The van der Waals surface area contributed by atoms with Crippen LogP contribution in [0.3, 0.4) is 0 Å². The number of hydrogen-bond acceptors (Lipinski definition) is 9. The summed E-state index contributed by atoms with van der Waals surface area (Å²) in [4.78, 5) is 27.3. The van der Waals surface area contributed by atoms with Crippen LogP contribution in [0.2, 0.25) is 0 Å². The summed E-state index contributed by atoms with van der Waals surface area (Å²) in [5.74, 6) is 0.728. The van der Waals surface area contributed by atoms with Crippen LogP contribution in [0.25, 0.3) is 11.3 Å². The van der Waals surface area contributed by atoms with Crippen molar-refractivity contribution < 1.29 is 19.3 Å². The number of aromatic nitrogens is 1. The van der Waals surface area contributed by atoms with Gasteiger partial charge in [0.15, 0.2) is 11.5 Å². The molecule has 1 saturated carbocycles. The molecule has 12 heteroatoms. The summed E-state index contributed by atoms with van der Waals surface area (Å²) < 4.78 is 12.3. The highest BCUT2D eigenvalue weighted by Gasteiger charge is 2.23. The minimum absolute atomic E-state index is 0.00106. The Bertz CT molecular complexity index is 1370. The molecule has 0 atom stereocenters. The number of nitrogens with zero attached hydrogens (tertiary/aromatic N) is 5. The van der Waals surface area contributed by atoms with Crippen molar-refractivity contribution in [3.63, 3.8) is 0 Å². The normalized spacial score (nSPS) is 16.2. The second-order valence-corrected chi connectivity index (χ2v) is 9.04. The number of nitro benzene ring substituents is 2. The molecule has 0 bridgehead atoms. The first-order valence-electron chi connectivity index (χ1n) is 11.1. The molecule has 0 N–H and O–H groups in total. The highest BCUT2D eigenvalue weighted by atomic mass is 32.1. The molecule has 11 nitrogen and oxygen atoms in total. The number of nitro groups is 2. The van der Waals surface area contributed by atoms with Gasteiger partial charge in [-0.2, -0.15) is 5.10 Å². The number of fused-ring (bicyclic) bond motifs is 1. The van der Waals surface area contributed by atoms with Gasteiger partial charge in [-0.15, -0.1) is 11.3 Å². The first-order valence-corrected chi connectivity index (χ1v) is 12.0. The summed E-state index contributed by atoms with van der Waals surface area (Å²) in [6.45, 7) is 0.00106. The summed E-state index contributed by atoms with van der Waals surface area (Å²) in [6.07, 6.45) is 6.87. The van der Waals surface area contributed by atoms with Crippen molar-refractivity contribution in [3.8, 4) is 22.8 Å². The molecule has 1 aliphatic carbocycles. The number of hydrogen-bond donors (Lipinski definition) is 0. The Hall–Kier alpha value is -4.06. The van der Waals surface area contributed by atoms with Gasteiger partial charge in [0.25, 0.3) is 11.4 Å². The molecule has 1 fully saturated rings. The number of rotatable bonds is 6. The van der Waals surface area contributed by atoms with Gasteiger partial charge in [0.1, 0.15) is 0 Å². The van der Waals surface area contributed by atoms with Crippen molar-refractivity contribution in [1.29, 1.82) is 0 Å². The molecule has 35 heavy (non-hydrogen) atoms. The Morgan fingerprint density at radius 3 is 2.40 bits per heavy atom. The summed E-state index contributed by atoms with van der Waals surface area (Å²) >= 11 is 1.41. The summed E-state index contributed by atoms with van der Waals surface area (Å²) in [7, 11) is 0. The predicted molar refractivity (Wildman–Crippen MR) is 129 cm³/mol. The molecule has 1 aliphatic heterocycles. The lowest BCUT2D eigenvalue weighted by Gasteiger charge is -2.16. The van der Waals surface area contributed by atoms with Crippen molar-refractivity contribution in [2.75, 3.05) is 6.79 Å². The standard InChI is InChI=1S/C23H21N5O6S/c29-27(30)18-8-6-15(7-9-18)20-13-35-23(25-17-4-2-1-3-5-17)26(20)24-12-16-10-21-22(34-14-33-21)11-19(16)28(31)32/h6-13,17H,1-5,14H2/b24-12-,25-23?. The lowest BCUT2D eigenvalue weighted by Crippen LogP contribution is -2.19. The van der Waals surface area contributed by atoms with Gasteiger partial charge in [0.05, 0.1) is 39.4 Å². The monoisotopic (exact) mass is 495 g/mol. The molecule has 3 aromatic rings. The van der Waals surface area contributed by atoms with Gasteiger partial charge in [-0.25, -0.2) is 4.68 Å². The van der Waals surface area contributed by atoms with Crippen LogP contribution in [-0.4, -0.2) is 33.6 Å². The average molecular weight is 496 g/mol. The van der Waals surface area contributed by atoms with Crippen molar-refractivity contribution in [2.45, 2.75) is 38.1 Å². The van der Waals surface area contributed by atoms with E-state index in [2.05, 4.69) is 5.10 Å². The van der Waals surface area contributed by atoms with E-state index >= 15 is 0 Å². The van der Waals surface area contributed by atoms with E-state index in [1.54, 1.807) is 16.8 Å². The fraction of sp³-hybridized carbons (Fsp3) is 0.304. The zero-order valence-electron chi connectivity index (χ0n) is 18.5. The fourth-order valence-electron chi connectivity index (χ4n) is 4.15. The van der Waals surface area contributed by atoms with Crippen LogP contribution in [-0.2, 0) is 0 Å². The first-order chi connectivity index (χ1) is 17.0. The molecule has 0 amide bonds. The lowest BCUT2D eigenvalue weighted by molar-refractivity contribution is -0.385. The maximum Gasteiger partial charge on any atom is 0.282 e.